The van der Waals surface area contributed by atoms with E-state index in [1.54, 1.807) is 0 Å². The topological polar surface area (TPSA) is 45.0 Å². The van der Waals surface area contributed by atoms with Crippen LogP contribution in [0.25, 0.3) is 0 Å². The molecule has 2 atom stereocenters. The minimum absolute atomic E-state index is 0.277. The summed E-state index contributed by atoms with van der Waals surface area (Å²) in [4.78, 5) is 0. The van der Waals surface area contributed by atoms with Crippen LogP contribution in [-0.4, -0.2) is 24.8 Å². The van der Waals surface area contributed by atoms with Crippen LogP contribution in [0, 0.1) is 11.3 Å². The second kappa shape index (κ2) is 10.2. The van der Waals surface area contributed by atoms with E-state index in [4.69, 9.17) is 4.74 Å². The van der Waals surface area contributed by atoms with Gasteiger partial charge in [0.05, 0.1) is 12.2 Å². The highest BCUT2D eigenvalue weighted by atomic mass is 16.5. The molecule has 3 nitrogen and oxygen atoms in total. The molecular formula is C17H32N2O. The van der Waals surface area contributed by atoms with Crippen LogP contribution in [0.1, 0.15) is 78.1 Å². The lowest BCUT2D eigenvalue weighted by atomic mass is 9.81. The number of hydrogen-bond donors (Lipinski definition) is 1. The van der Waals surface area contributed by atoms with E-state index in [2.05, 4.69) is 25.2 Å². The summed E-state index contributed by atoms with van der Waals surface area (Å²) in [5.74, 6) is 0. The molecule has 2 unspecified atom stereocenters. The zero-order valence-corrected chi connectivity index (χ0v) is 13.4. The van der Waals surface area contributed by atoms with E-state index in [-0.39, 0.29) is 11.6 Å². The SMILES string of the molecule is CCCCCCCOC1CCCC(C#N)(NCCC)C1. The summed E-state index contributed by atoms with van der Waals surface area (Å²) in [5, 5.41) is 12.9. The summed E-state index contributed by atoms with van der Waals surface area (Å²) >= 11 is 0. The fraction of sp³-hybridized carbons (Fsp3) is 0.941. The summed E-state index contributed by atoms with van der Waals surface area (Å²) in [6.07, 6.45) is 11.8. The number of hydrogen-bond acceptors (Lipinski definition) is 3. The third-order valence-electron chi connectivity index (χ3n) is 4.23. The van der Waals surface area contributed by atoms with Gasteiger partial charge in [-0.2, -0.15) is 5.26 Å². The van der Waals surface area contributed by atoms with E-state index < -0.39 is 0 Å². The van der Waals surface area contributed by atoms with E-state index in [0.717, 1.165) is 45.3 Å². The Balaban J connectivity index is 2.24. The maximum atomic E-state index is 9.49. The van der Waals surface area contributed by atoms with E-state index in [1.807, 2.05) is 0 Å². The molecule has 3 heteroatoms. The van der Waals surface area contributed by atoms with Gasteiger partial charge in [-0.15, -0.1) is 0 Å². The first-order valence-electron chi connectivity index (χ1n) is 8.54. The maximum absolute atomic E-state index is 9.49. The van der Waals surface area contributed by atoms with Crippen LogP contribution in [0.15, 0.2) is 0 Å². The summed E-state index contributed by atoms with van der Waals surface area (Å²) < 4.78 is 6.01. The van der Waals surface area contributed by atoms with Gasteiger partial charge in [0.15, 0.2) is 0 Å². The van der Waals surface area contributed by atoms with Gasteiger partial charge < -0.3 is 4.74 Å². The van der Waals surface area contributed by atoms with Crippen molar-refractivity contribution in [3.05, 3.63) is 0 Å². The van der Waals surface area contributed by atoms with Crippen molar-refractivity contribution in [3.8, 4) is 6.07 Å². The van der Waals surface area contributed by atoms with E-state index in [1.165, 1.54) is 32.1 Å². The Kier molecular flexibility index (Phi) is 8.89. The van der Waals surface area contributed by atoms with E-state index >= 15 is 0 Å². The average molecular weight is 280 g/mol. The molecule has 1 aliphatic rings. The molecule has 0 aromatic heterocycles. The van der Waals surface area contributed by atoms with Gasteiger partial charge in [0.25, 0.3) is 0 Å². The molecule has 1 fully saturated rings. The number of nitrogens with zero attached hydrogens (tertiary/aromatic N) is 1. The number of unbranched alkanes of at least 4 members (excludes halogenated alkanes) is 4. The minimum Gasteiger partial charge on any atom is -0.378 e. The third kappa shape index (κ3) is 6.24. The van der Waals surface area contributed by atoms with Crippen molar-refractivity contribution >= 4 is 0 Å². The van der Waals surface area contributed by atoms with Crippen molar-refractivity contribution < 1.29 is 4.74 Å². The highest BCUT2D eigenvalue weighted by Crippen LogP contribution is 2.30. The Labute approximate surface area is 125 Å². The lowest BCUT2D eigenvalue weighted by molar-refractivity contribution is 0.00737. The number of nitrogens with one attached hydrogen (secondary N) is 1. The highest BCUT2D eigenvalue weighted by molar-refractivity contribution is 5.10. The summed E-state index contributed by atoms with van der Waals surface area (Å²) in [7, 11) is 0. The molecule has 116 valence electrons. The van der Waals surface area contributed by atoms with Crippen LogP contribution >= 0.6 is 0 Å². The van der Waals surface area contributed by atoms with Crippen LogP contribution in [-0.2, 0) is 4.74 Å². The van der Waals surface area contributed by atoms with Gasteiger partial charge in [0.1, 0.15) is 5.54 Å². The number of nitriles is 1. The van der Waals surface area contributed by atoms with Gasteiger partial charge in [-0.25, -0.2) is 0 Å². The second-order valence-electron chi connectivity index (χ2n) is 6.12. The van der Waals surface area contributed by atoms with Crippen molar-refractivity contribution in [2.24, 2.45) is 0 Å². The molecule has 1 aliphatic carbocycles. The van der Waals surface area contributed by atoms with Crippen molar-refractivity contribution in [1.29, 1.82) is 5.26 Å². The quantitative estimate of drug-likeness (QED) is 0.611. The van der Waals surface area contributed by atoms with Crippen LogP contribution < -0.4 is 5.32 Å². The molecule has 0 aromatic rings. The third-order valence-corrected chi connectivity index (χ3v) is 4.23. The van der Waals surface area contributed by atoms with Crippen LogP contribution in [0.4, 0.5) is 0 Å². The zero-order valence-electron chi connectivity index (χ0n) is 13.4. The average Bonchev–Trinajstić information content (AvgIpc) is 2.49. The van der Waals surface area contributed by atoms with Gasteiger partial charge in [0.2, 0.25) is 0 Å². The molecule has 0 amide bonds. The van der Waals surface area contributed by atoms with Gasteiger partial charge in [-0.1, -0.05) is 39.5 Å². The molecule has 0 bridgehead atoms. The largest absolute Gasteiger partial charge is 0.378 e. The lowest BCUT2D eigenvalue weighted by Crippen LogP contribution is -2.49. The molecule has 0 aromatic carbocycles. The Morgan fingerprint density at radius 1 is 1.20 bits per heavy atom. The summed E-state index contributed by atoms with van der Waals surface area (Å²) in [5.41, 5.74) is -0.332. The van der Waals surface area contributed by atoms with Crippen LogP contribution in [0.2, 0.25) is 0 Å². The Bertz CT molecular complexity index is 287. The standard InChI is InChI=1S/C17H32N2O/c1-3-5-6-7-8-13-20-16-10-9-11-17(14-16,15-18)19-12-4-2/h16,19H,3-14H2,1-2H3. The van der Waals surface area contributed by atoms with Crippen molar-refractivity contribution in [3.63, 3.8) is 0 Å². The molecule has 0 saturated heterocycles. The highest BCUT2D eigenvalue weighted by Gasteiger charge is 2.36. The Morgan fingerprint density at radius 3 is 2.70 bits per heavy atom. The fourth-order valence-electron chi connectivity index (χ4n) is 2.99. The number of ether oxygens (including phenoxy) is 1. The molecule has 1 N–H and O–H groups in total. The molecule has 1 rings (SSSR count). The first-order chi connectivity index (χ1) is 9.76. The lowest BCUT2D eigenvalue weighted by Gasteiger charge is -2.36. The normalized spacial score (nSPS) is 26.4. The Hall–Kier alpha value is -0.590. The molecule has 0 aliphatic heterocycles. The first-order valence-corrected chi connectivity index (χ1v) is 8.54. The van der Waals surface area contributed by atoms with E-state index in [9.17, 15) is 5.26 Å². The maximum Gasteiger partial charge on any atom is 0.109 e. The van der Waals surface area contributed by atoms with Crippen molar-refractivity contribution in [1.82, 2.24) is 5.32 Å². The molecule has 0 spiro atoms. The van der Waals surface area contributed by atoms with Gasteiger partial charge in [-0.3, -0.25) is 5.32 Å². The first kappa shape index (κ1) is 17.5. The summed E-state index contributed by atoms with van der Waals surface area (Å²) in [6, 6.07) is 2.51. The van der Waals surface area contributed by atoms with Gasteiger partial charge >= 0.3 is 0 Å². The van der Waals surface area contributed by atoms with Gasteiger partial charge in [0, 0.05) is 13.0 Å². The van der Waals surface area contributed by atoms with Crippen molar-refractivity contribution in [2.45, 2.75) is 89.7 Å². The van der Waals surface area contributed by atoms with Gasteiger partial charge in [-0.05, 0) is 38.6 Å². The van der Waals surface area contributed by atoms with Crippen LogP contribution in [0.5, 0.6) is 0 Å². The smallest absolute Gasteiger partial charge is 0.109 e. The molecule has 1 saturated carbocycles. The monoisotopic (exact) mass is 280 g/mol. The predicted molar refractivity (Wildman–Crippen MR) is 83.6 cm³/mol. The minimum atomic E-state index is -0.332. The molecule has 0 radical (unpaired) electrons. The van der Waals surface area contributed by atoms with Crippen LogP contribution in [0.3, 0.4) is 0 Å². The van der Waals surface area contributed by atoms with E-state index in [0.29, 0.717) is 0 Å². The molecule has 0 heterocycles. The van der Waals surface area contributed by atoms with Crippen molar-refractivity contribution in [2.75, 3.05) is 13.2 Å². The fourth-order valence-corrected chi connectivity index (χ4v) is 2.99. The summed E-state index contributed by atoms with van der Waals surface area (Å²) in [6.45, 7) is 6.18. The second-order valence-corrected chi connectivity index (χ2v) is 6.12. The molecule has 20 heavy (non-hydrogen) atoms. The molecular weight excluding hydrogens is 248 g/mol. The Morgan fingerprint density at radius 2 is 2.00 bits per heavy atom. The zero-order chi connectivity index (χ0) is 14.7. The number of rotatable bonds is 10. The predicted octanol–water partition coefficient (Wildman–Crippen LogP) is 4.18.